The number of aliphatic hydroxyl groups excluding tert-OH is 1. The number of hydrogen-bond donors (Lipinski definition) is 1. The van der Waals surface area contributed by atoms with E-state index in [0.29, 0.717) is 12.3 Å². The fourth-order valence-electron chi connectivity index (χ4n) is 3.47. The molecule has 6 nitrogen and oxygen atoms in total. The average molecular weight is 391 g/mol. The monoisotopic (exact) mass is 391 g/mol. The molecule has 1 N–H and O–H groups in total. The number of hydrogen-bond acceptors (Lipinski definition) is 5. The summed E-state index contributed by atoms with van der Waals surface area (Å²) >= 11 is 0. The maximum Gasteiger partial charge on any atom is 0.173 e. The minimum Gasteiger partial charge on any atom is -0.453 e. The summed E-state index contributed by atoms with van der Waals surface area (Å²) in [4.78, 5) is 3.91. The van der Waals surface area contributed by atoms with Crippen LogP contribution in [-0.2, 0) is 17.9 Å². The van der Waals surface area contributed by atoms with E-state index in [-0.39, 0.29) is 12.8 Å². The van der Waals surface area contributed by atoms with Gasteiger partial charge in [-0.3, -0.25) is 4.99 Å². The molecule has 1 unspecified atom stereocenters. The number of nitrogens with zero attached hydrogens (tertiary/aromatic N) is 3. The van der Waals surface area contributed by atoms with Gasteiger partial charge in [0, 0.05) is 12.2 Å². The molecule has 1 saturated heterocycles. The van der Waals surface area contributed by atoms with Gasteiger partial charge in [-0.15, -0.1) is 0 Å². The third kappa shape index (κ3) is 4.55. The van der Waals surface area contributed by atoms with Crippen molar-refractivity contribution >= 4 is 6.72 Å². The largest absolute Gasteiger partial charge is 0.453 e. The molecule has 0 amide bonds. The molecular weight excluding hydrogens is 366 g/mol. The highest BCUT2D eigenvalue weighted by molar-refractivity contribution is 5.67. The van der Waals surface area contributed by atoms with Crippen LogP contribution < -0.4 is 4.74 Å². The number of rotatable bonds is 7. The Labute approximate surface area is 170 Å². The van der Waals surface area contributed by atoms with Crippen LogP contribution in [0.2, 0.25) is 0 Å². The molecule has 150 valence electrons. The van der Waals surface area contributed by atoms with Crippen LogP contribution in [0.1, 0.15) is 36.6 Å². The van der Waals surface area contributed by atoms with Crippen LogP contribution in [0.3, 0.4) is 0 Å². The normalized spacial score (nSPS) is 16.5. The SMILES string of the molecule is C=NCc1ccc(Oc2cn(C3CCCCO3)nc2-c2cccc(CO)c2)cc1. The summed E-state index contributed by atoms with van der Waals surface area (Å²) in [5.74, 6) is 1.38. The molecule has 29 heavy (non-hydrogen) atoms. The van der Waals surface area contributed by atoms with Gasteiger partial charge in [0.15, 0.2) is 5.75 Å². The zero-order valence-electron chi connectivity index (χ0n) is 16.3. The zero-order valence-corrected chi connectivity index (χ0v) is 16.3. The first-order valence-electron chi connectivity index (χ1n) is 9.87. The highest BCUT2D eigenvalue weighted by Crippen LogP contribution is 2.35. The van der Waals surface area contributed by atoms with Crippen molar-refractivity contribution in [2.24, 2.45) is 4.99 Å². The quantitative estimate of drug-likeness (QED) is 0.591. The molecule has 4 rings (SSSR count). The minimum absolute atomic E-state index is 0.0186. The van der Waals surface area contributed by atoms with Crippen molar-refractivity contribution in [3.8, 4) is 22.8 Å². The van der Waals surface area contributed by atoms with Crippen molar-refractivity contribution < 1.29 is 14.6 Å². The Morgan fingerprint density at radius 1 is 1.17 bits per heavy atom. The standard InChI is InChI=1S/C23H25N3O3/c1-24-14-17-8-10-20(11-9-17)29-21-15-26(22-7-2-3-12-28-22)25-23(21)19-6-4-5-18(13-19)16-27/h4-6,8-11,13,15,22,27H,1-3,7,12,14,16H2. The average Bonchev–Trinajstić information content (AvgIpc) is 3.20. The molecule has 0 radical (unpaired) electrons. The van der Waals surface area contributed by atoms with Gasteiger partial charge < -0.3 is 14.6 Å². The van der Waals surface area contributed by atoms with E-state index in [9.17, 15) is 5.11 Å². The van der Waals surface area contributed by atoms with Crippen LogP contribution in [-0.4, -0.2) is 28.2 Å². The van der Waals surface area contributed by atoms with Crippen LogP contribution in [0.4, 0.5) is 0 Å². The van der Waals surface area contributed by atoms with E-state index in [2.05, 4.69) is 11.7 Å². The maximum absolute atomic E-state index is 9.50. The second-order valence-electron chi connectivity index (χ2n) is 7.13. The molecule has 1 aromatic heterocycles. The van der Waals surface area contributed by atoms with E-state index < -0.39 is 0 Å². The second kappa shape index (κ2) is 9.03. The summed E-state index contributed by atoms with van der Waals surface area (Å²) in [5, 5.41) is 14.3. The Morgan fingerprint density at radius 2 is 2.03 bits per heavy atom. The van der Waals surface area contributed by atoms with Gasteiger partial charge in [-0.05, 0) is 55.3 Å². The van der Waals surface area contributed by atoms with E-state index in [1.807, 2.05) is 59.4 Å². The van der Waals surface area contributed by atoms with Gasteiger partial charge in [0.05, 0.1) is 19.3 Å². The van der Waals surface area contributed by atoms with Gasteiger partial charge in [-0.2, -0.15) is 5.10 Å². The van der Waals surface area contributed by atoms with E-state index in [4.69, 9.17) is 14.6 Å². The van der Waals surface area contributed by atoms with E-state index in [0.717, 1.165) is 54.0 Å². The Morgan fingerprint density at radius 3 is 2.76 bits per heavy atom. The van der Waals surface area contributed by atoms with E-state index >= 15 is 0 Å². The molecule has 0 saturated carbocycles. The number of aliphatic hydroxyl groups is 1. The predicted octanol–water partition coefficient (Wildman–Crippen LogP) is 4.73. The number of ether oxygens (including phenoxy) is 2. The summed E-state index contributed by atoms with van der Waals surface area (Å²) in [6.07, 6.45) is 4.95. The maximum atomic E-state index is 9.50. The third-order valence-electron chi connectivity index (χ3n) is 4.98. The molecule has 3 aromatic rings. The number of aromatic nitrogens is 2. The van der Waals surface area contributed by atoms with E-state index in [1.54, 1.807) is 0 Å². The lowest BCUT2D eigenvalue weighted by Crippen LogP contribution is -2.18. The fourth-order valence-corrected chi connectivity index (χ4v) is 3.47. The van der Waals surface area contributed by atoms with Gasteiger partial charge in [-0.25, -0.2) is 4.68 Å². The van der Waals surface area contributed by atoms with Gasteiger partial charge in [0.1, 0.15) is 17.7 Å². The van der Waals surface area contributed by atoms with Crippen LogP contribution >= 0.6 is 0 Å². The van der Waals surface area contributed by atoms with Crippen molar-refractivity contribution in [3.05, 3.63) is 65.9 Å². The number of benzene rings is 2. The van der Waals surface area contributed by atoms with Crippen molar-refractivity contribution in [2.75, 3.05) is 6.61 Å². The second-order valence-corrected chi connectivity index (χ2v) is 7.13. The fraction of sp³-hybridized carbons (Fsp3) is 0.304. The molecule has 0 bridgehead atoms. The summed E-state index contributed by atoms with van der Waals surface area (Å²) < 4.78 is 13.9. The molecule has 6 heteroatoms. The van der Waals surface area contributed by atoms with Gasteiger partial charge >= 0.3 is 0 Å². The molecule has 1 aliphatic heterocycles. The molecule has 1 fully saturated rings. The minimum atomic E-state index is -0.0816. The first-order chi connectivity index (χ1) is 14.3. The molecule has 1 atom stereocenters. The Hall–Kier alpha value is -2.96. The van der Waals surface area contributed by atoms with Gasteiger partial charge in [0.2, 0.25) is 0 Å². The smallest absolute Gasteiger partial charge is 0.173 e. The summed E-state index contributed by atoms with van der Waals surface area (Å²) in [7, 11) is 0. The summed E-state index contributed by atoms with van der Waals surface area (Å²) in [5.41, 5.74) is 3.53. The third-order valence-corrected chi connectivity index (χ3v) is 4.98. The molecule has 2 heterocycles. The van der Waals surface area contributed by atoms with Crippen LogP contribution in [0, 0.1) is 0 Å². The highest BCUT2D eigenvalue weighted by atomic mass is 16.5. The van der Waals surface area contributed by atoms with Gasteiger partial charge in [-0.1, -0.05) is 30.3 Å². The van der Waals surface area contributed by atoms with Crippen molar-refractivity contribution in [1.82, 2.24) is 9.78 Å². The summed E-state index contributed by atoms with van der Waals surface area (Å²) in [6.45, 7) is 4.84. The first kappa shape index (κ1) is 19.4. The van der Waals surface area contributed by atoms with Crippen molar-refractivity contribution in [1.29, 1.82) is 0 Å². The predicted molar refractivity (Wildman–Crippen MR) is 112 cm³/mol. The molecule has 2 aromatic carbocycles. The molecular formula is C23H25N3O3. The highest BCUT2D eigenvalue weighted by Gasteiger charge is 2.21. The van der Waals surface area contributed by atoms with Crippen molar-refractivity contribution in [2.45, 2.75) is 38.6 Å². The molecule has 0 spiro atoms. The zero-order chi connectivity index (χ0) is 20.1. The Bertz CT molecular complexity index is 960. The van der Waals surface area contributed by atoms with Crippen molar-refractivity contribution in [3.63, 3.8) is 0 Å². The van der Waals surface area contributed by atoms with Crippen LogP contribution in [0.25, 0.3) is 11.3 Å². The number of aliphatic imine (C=N–C) groups is 1. The lowest BCUT2D eigenvalue weighted by Gasteiger charge is -2.22. The molecule has 1 aliphatic rings. The topological polar surface area (TPSA) is 68.9 Å². The van der Waals surface area contributed by atoms with Crippen LogP contribution in [0.5, 0.6) is 11.5 Å². The van der Waals surface area contributed by atoms with E-state index in [1.165, 1.54) is 0 Å². The lowest BCUT2D eigenvalue weighted by atomic mass is 10.1. The van der Waals surface area contributed by atoms with Gasteiger partial charge in [0.25, 0.3) is 0 Å². The lowest BCUT2D eigenvalue weighted by molar-refractivity contribution is -0.0394. The van der Waals surface area contributed by atoms with Crippen LogP contribution in [0.15, 0.2) is 59.7 Å². The summed E-state index contributed by atoms with van der Waals surface area (Å²) in [6, 6.07) is 15.5. The molecule has 0 aliphatic carbocycles. The Balaban J connectivity index is 1.67. The Kier molecular flexibility index (Phi) is 6.03. The first-order valence-corrected chi connectivity index (χ1v) is 9.87.